The van der Waals surface area contributed by atoms with Crippen molar-refractivity contribution in [1.29, 1.82) is 0 Å². The largest absolute Gasteiger partial charge is 0.494 e. The molecule has 2 aromatic heterocycles. The van der Waals surface area contributed by atoms with Crippen LogP contribution < -0.4 is 5.32 Å². The fourth-order valence-corrected chi connectivity index (χ4v) is 4.75. The third-order valence-corrected chi connectivity index (χ3v) is 7.04. The van der Waals surface area contributed by atoms with Crippen molar-refractivity contribution in [2.45, 2.75) is 77.4 Å². The summed E-state index contributed by atoms with van der Waals surface area (Å²) < 4.78 is 12.8. The van der Waals surface area contributed by atoms with E-state index >= 15 is 0 Å². The lowest BCUT2D eigenvalue weighted by Crippen LogP contribution is -2.58. The molecule has 7 nitrogen and oxygen atoms in total. The van der Waals surface area contributed by atoms with Crippen LogP contribution in [0.15, 0.2) is 59.0 Å². The summed E-state index contributed by atoms with van der Waals surface area (Å²) in [5.74, 6) is 0.375. The third-order valence-electron chi connectivity index (χ3n) is 7.04. The van der Waals surface area contributed by atoms with Crippen LogP contribution in [0.25, 0.3) is 11.1 Å². The second-order valence-electron chi connectivity index (χ2n) is 9.79. The molecule has 0 bridgehead atoms. The first-order valence-corrected chi connectivity index (χ1v) is 13.0. The number of aromatic nitrogens is 1. The van der Waals surface area contributed by atoms with Crippen molar-refractivity contribution in [1.82, 2.24) is 14.8 Å². The van der Waals surface area contributed by atoms with Crippen LogP contribution in [0.3, 0.4) is 0 Å². The molecule has 196 valence electrons. The van der Waals surface area contributed by atoms with Crippen LogP contribution in [0.2, 0.25) is 0 Å². The number of hydrogen-bond acceptors (Lipinski definition) is 5. The molecule has 3 heterocycles. The number of furan rings is 1. The minimum Gasteiger partial charge on any atom is -0.494 e. The van der Waals surface area contributed by atoms with E-state index in [9.17, 15) is 9.59 Å². The predicted molar refractivity (Wildman–Crippen MR) is 144 cm³/mol. The molecular weight excluding hydrogens is 454 g/mol. The summed E-state index contributed by atoms with van der Waals surface area (Å²) in [5, 5.41) is 3.30. The van der Waals surface area contributed by atoms with Crippen molar-refractivity contribution in [2.75, 3.05) is 20.2 Å². The summed E-state index contributed by atoms with van der Waals surface area (Å²) in [6, 6.07) is 4.39. The highest BCUT2D eigenvalue weighted by molar-refractivity contribution is 6.00. The van der Waals surface area contributed by atoms with E-state index in [1.807, 2.05) is 36.6 Å². The van der Waals surface area contributed by atoms with Crippen LogP contribution in [0, 0.1) is 0 Å². The highest BCUT2D eigenvalue weighted by atomic mass is 16.5. The molecule has 1 saturated carbocycles. The Kier molecular flexibility index (Phi) is 9.76. The number of amides is 1. The highest BCUT2D eigenvalue weighted by Gasteiger charge is 2.42. The van der Waals surface area contributed by atoms with Gasteiger partial charge in [0.25, 0.3) is 5.91 Å². The van der Waals surface area contributed by atoms with E-state index in [1.54, 1.807) is 30.2 Å². The Hall–Kier alpha value is -3.06. The molecule has 7 heteroatoms. The molecule has 36 heavy (non-hydrogen) atoms. The maximum Gasteiger partial charge on any atom is 0.271 e. The molecule has 0 spiro atoms. The number of nitrogens with zero attached hydrogens (tertiary/aromatic N) is 2. The van der Waals surface area contributed by atoms with Crippen LogP contribution in [0.4, 0.5) is 0 Å². The van der Waals surface area contributed by atoms with Crippen molar-refractivity contribution in [2.24, 2.45) is 0 Å². The van der Waals surface area contributed by atoms with Gasteiger partial charge in [0.1, 0.15) is 23.3 Å². The number of carbonyl (C=O) groups excluding carboxylic acids is 2. The van der Waals surface area contributed by atoms with Gasteiger partial charge in [0, 0.05) is 24.7 Å². The Labute approximate surface area is 214 Å². The van der Waals surface area contributed by atoms with E-state index in [0.717, 1.165) is 29.8 Å². The number of carbonyl (C=O) groups is 2. The predicted octanol–water partition coefficient (Wildman–Crippen LogP) is 5.63. The molecule has 1 atom stereocenters. The Morgan fingerprint density at radius 2 is 2.06 bits per heavy atom. The molecule has 0 saturated heterocycles. The normalized spacial score (nSPS) is 20.8. The molecule has 1 aliphatic heterocycles. The monoisotopic (exact) mass is 495 g/mol. The number of aldehydes is 1. The van der Waals surface area contributed by atoms with Gasteiger partial charge in [0.2, 0.25) is 0 Å². The number of rotatable bonds is 9. The summed E-state index contributed by atoms with van der Waals surface area (Å²) >= 11 is 0. The number of ether oxygens (including phenoxy) is 1. The standard InChI is InChI=1S/C22H26N2O4.C7H15N/c1-5-10-27-16(3)7-8-17(6-2)13-24-21(26)19-12-20-18(9-11-28-20)23(19)14-22(24,4)15-25;1-8-7-5-3-2-4-6-7/h6-9,11-12,15H,3,5,10,13-14H2,1-2,4H3;7-8H,2-6H2,1H3/b8-7-,17-6+;. The van der Waals surface area contributed by atoms with Gasteiger partial charge < -0.3 is 28.7 Å². The number of nitrogens with one attached hydrogen (secondary N) is 1. The molecular formula is C29H41N3O4. The molecule has 0 aromatic carbocycles. The highest BCUT2D eigenvalue weighted by Crippen LogP contribution is 2.32. The molecule has 0 radical (unpaired) electrons. The summed E-state index contributed by atoms with van der Waals surface area (Å²) in [5.41, 5.74) is 1.95. The minimum absolute atomic E-state index is 0.193. The van der Waals surface area contributed by atoms with Gasteiger partial charge in [-0.3, -0.25) is 4.79 Å². The number of hydrogen-bond donors (Lipinski definition) is 1. The lowest BCUT2D eigenvalue weighted by molar-refractivity contribution is -0.117. The van der Waals surface area contributed by atoms with Crippen LogP contribution in [0.5, 0.6) is 0 Å². The quantitative estimate of drug-likeness (QED) is 0.277. The van der Waals surface area contributed by atoms with Gasteiger partial charge in [-0.1, -0.05) is 44.9 Å². The van der Waals surface area contributed by atoms with E-state index in [4.69, 9.17) is 9.15 Å². The second-order valence-corrected chi connectivity index (χ2v) is 9.79. The zero-order chi connectivity index (χ0) is 26.1. The van der Waals surface area contributed by atoms with Crippen molar-refractivity contribution in [3.63, 3.8) is 0 Å². The van der Waals surface area contributed by atoms with Gasteiger partial charge in [0.15, 0.2) is 5.58 Å². The summed E-state index contributed by atoms with van der Waals surface area (Å²) in [6.45, 7) is 10.9. The van der Waals surface area contributed by atoms with E-state index in [-0.39, 0.29) is 5.91 Å². The van der Waals surface area contributed by atoms with Gasteiger partial charge >= 0.3 is 0 Å². The fraction of sp³-hybridized carbons (Fsp3) is 0.517. The van der Waals surface area contributed by atoms with Gasteiger partial charge in [0.05, 0.1) is 24.9 Å². The topological polar surface area (TPSA) is 76.7 Å². The average molecular weight is 496 g/mol. The second kappa shape index (κ2) is 12.8. The van der Waals surface area contributed by atoms with Gasteiger partial charge in [-0.2, -0.15) is 0 Å². The Morgan fingerprint density at radius 3 is 2.67 bits per heavy atom. The average Bonchev–Trinajstić information content (AvgIpc) is 3.50. The fourth-order valence-electron chi connectivity index (χ4n) is 4.75. The minimum atomic E-state index is -0.953. The van der Waals surface area contributed by atoms with Crippen molar-refractivity contribution in [3.8, 4) is 0 Å². The van der Waals surface area contributed by atoms with Gasteiger partial charge in [-0.15, -0.1) is 0 Å². The maximum absolute atomic E-state index is 13.2. The number of fused-ring (bicyclic) bond motifs is 3. The van der Waals surface area contributed by atoms with Crippen LogP contribution in [-0.4, -0.2) is 53.4 Å². The molecule has 4 rings (SSSR count). The Bertz CT molecular complexity index is 1100. The van der Waals surface area contributed by atoms with Crippen molar-refractivity contribution >= 4 is 23.3 Å². The summed E-state index contributed by atoms with van der Waals surface area (Å²) in [7, 11) is 2.07. The Balaban J connectivity index is 0.000000383. The van der Waals surface area contributed by atoms with E-state index < -0.39 is 5.54 Å². The van der Waals surface area contributed by atoms with Gasteiger partial charge in [-0.25, -0.2) is 0 Å². The summed E-state index contributed by atoms with van der Waals surface area (Å²) in [4.78, 5) is 26.8. The van der Waals surface area contributed by atoms with E-state index in [1.165, 1.54) is 32.1 Å². The summed E-state index contributed by atoms with van der Waals surface area (Å²) in [6.07, 6.45) is 16.0. The number of allylic oxidation sites excluding steroid dienone is 2. The van der Waals surface area contributed by atoms with Crippen LogP contribution in [0.1, 0.15) is 69.8 Å². The van der Waals surface area contributed by atoms with Crippen LogP contribution >= 0.6 is 0 Å². The molecule has 2 aliphatic rings. The first-order chi connectivity index (χ1) is 17.4. The molecule has 1 amide bonds. The van der Waals surface area contributed by atoms with Crippen molar-refractivity contribution in [3.05, 3.63) is 60.2 Å². The maximum atomic E-state index is 13.2. The Morgan fingerprint density at radius 1 is 1.31 bits per heavy atom. The van der Waals surface area contributed by atoms with E-state index in [0.29, 0.717) is 36.7 Å². The molecule has 1 aliphatic carbocycles. The van der Waals surface area contributed by atoms with Gasteiger partial charge in [-0.05, 0) is 51.8 Å². The zero-order valence-corrected chi connectivity index (χ0v) is 22.2. The third kappa shape index (κ3) is 6.38. The molecule has 1 unspecified atom stereocenters. The first-order valence-electron chi connectivity index (χ1n) is 13.0. The van der Waals surface area contributed by atoms with E-state index in [2.05, 4.69) is 18.9 Å². The smallest absolute Gasteiger partial charge is 0.271 e. The molecule has 1 fully saturated rings. The lowest BCUT2D eigenvalue weighted by atomic mass is 9.96. The molecule has 2 aromatic rings. The lowest BCUT2D eigenvalue weighted by Gasteiger charge is -2.42. The van der Waals surface area contributed by atoms with Crippen LogP contribution in [-0.2, 0) is 16.1 Å². The van der Waals surface area contributed by atoms with Crippen molar-refractivity contribution < 1.29 is 18.7 Å². The SMILES string of the molecule is C=C(/C=C\C(=C/C)CN1C(=O)c2cc3occc3n2CC1(C)C=O)OCCC.CNC1CCCCC1. The zero-order valence-electron chi connectivity index (χ0n) is 22.2. The first kappa shape index (κ1) is 27.5. The molecule has 1 N–H and O–H groups in total.